The van der Waals surface area contributed by atoms with Crippen LogP contribution in [-0.2, 0) is 6.42 Å². The first-order chi connectivity index (χ1) is 15.5. The lowest BCUT2D eigenvalue weighted by molar-refractivity contribution is -0.133. The summed E-state index contributed by atoms with van der Waals surface area (Å²) in [6, 6.07) is 30.7. The molecule has 6 rings (SSSR count). The molecule has 0 nitrogen and oxygen atoms in total. The molecule has 0 heterocycles. The van der Waals surface area contributed by atoms with Crippen LogP contribution in [0.4, 0.5) is 13.2 Å². The van der Waals surface area contributed by atoms with Crippen LogP contribution in [0.1, 0.15) is 12.0 Å². The van der Waals surface area contributed by atoms with E-state index in [0.29, 0.717) is 0 Å². The zero-order valence-corrected chi connectivity index (χ0v) is 17.2. The molecule has 0 fully saturated rings. The van der Waals surface area contributed by atoms with Crippen LogP contribution >= 0.6 is 0 Å². The first-order valence-corrected chi connectivity index (χ1v) is 10.7. The predicted molar refractivity (Wildman–Crippen MR) is 127 cm³/mol. The minimum absolute atomic E-state index is 0.0231. The van der Waals surface area contributed by atoms with Gasteiger partial charge in [0, 0.05) is 6.42 Å². The molecule has 0 spiro atoms. The van der Waals surface area contributed by atoms with Crippen molar-refractivity contribution >= 4 is 43.1 Å². The molecule has 0 aliphatic carbocycles. The van der Waals surface area contributed by atoms with Gasteiger partial charge in [-0.15, -0.1) is 0 Å². The van der Waals surface area contributed by atoms with Crippen LogP contribution in [0, 0.1) is 0 Å². The Kier molecular flexibility index (Phi) is 4.16. The number of hydrogen-bond acceptors (Lipinski definition) is 0. The number of rotatable bonds is 3. The Morgan fingerprint density at radius 1 is 0.500 bits per heavy atom. The van der Waals surface area contributed by atoms with E-state index in [1.807, 2.05) is 24.3 Å². The molecule has 0 atom stereocenters. The first kappa shape index (κ1) is 19.1. The number of halogens is 3. The first-order valence-electron chi connectivity index (χ1n) is 10.7. The Morgan fingerprint density at radius 2 is 1.09 bits per heavy atom. The summed E-state index contributed by atoms with van der Waals surface area (Å²) >= 11 is 0. The van der Waals surface area contributed by atoms with Gasteiger partial charge in [0.25, 0.3) is 0 Å². The molecule has 32 heavy (non-hydrogen) atoms. The Labute approximate surface area is 183 Å². The summed E-state index contributed by atoms with van der Waals surface area (Å²) < 4.78 is 38.8. The predicted octanol–water partition coefficient (Wildman–Crippen LogP) is 8.90. The van der Waals surface area contributed by atoms with Crippen LogP contribution in [-0.4, -0.2) is 6.18 Å². The van der Waals surface area contributed by atoms with Crippen molar-refractivity contribution in [2.24, 2.45) is 0 Å². The van der Waals surface area contributed by atoms with Crippen molar-refractivity contribution in [1.29, 1.82) is 0 Å². The molecule has 0 saturated carbocycles. The average molecular weight is 424 g/mol. The SMILES string of the molecule is FC(F)(F)CCc1ccccc1-c1ccc2c3cccc4cccc(c5cccc1c52)c43. The molecule has 0 amide bonds. The highest BCUT2D eigenvalue weighted by Gasteiger charge is 2.27. The van der Waals surface area contributed by atoms with Crippen LogP contribution in [0.15, 0.2) is 91.0 Å². The maximum Gasteiger partial charge on any atom is 0.389 e. The monoisotopic (exact) mass is 424 g/mol. The van der Waals surface area contributed by atoms with E-state index < -0.39 is 12.6 Å². The summed E-state index contributed by atoms with van der Waals surface area (Å²) in [5.41, 5.74) is 2.58. The summed E-state index contributed by atoms with van der Waals surface area (Å²) in [4.78, 5) is 0. The second kappa shape index (κ2) is 6.96. The van der Waals surface area contributed by atoms with Crippen molar-refractivity contribution < 1.29 is 13.2 Å². The fourth-order valence-electron chi connectivity index (χ4n) is 5.16. The maximum atomic E-state index is 12.9. The average Bonchev–Trinajstić information content (AvgIpc) is 2.80. The third-order valence-corrected chi connectivity index (χ3v) is 6.51. The molecule has 156 valence electrons. The lowest BCUT2D eigenvalue weighted by Crippen LogP contribution is -2.09. The summed E-state index contributed by atoms with van der Waals surface area (Å²) in [6.07, 6.45) is -5.01. The smallest absolute Gasteiger partial charge is 0.171 e. The highest BCUT2D eigenvalue weighted by atomic mass is 19.4. The number of hydrogen-bond donors (Lipinski definition) is 0. The van der Waals surface area contributed by atoms with Crippen molar-refractivity contribution in [1.82, 2.24) is 0 Å². The van der Waals surface area contributed by atoms with Crippen molar-refractivity contribution in [2.45, 2.75) is 19.0 Å². The summed E-state index contributed by atoms with van der Waals surface area (Å²) in [5, 5.41) is 9.48. The van der Waals surface area contributed by atoms with Gasteiger partial charge < -0.3 is 0 Å². The third kappa shape index (κ3) is 2.92. The molecule has 6 aromatic carbocycles. The molecule has 0 bridgehead atoms. The van der Waals surface area contributed by atoms with Crippen LogP contribution in [0.5, 0.6) is 0 Å². The minimum atomic E-state index is -4.17. The van der Waals surface area contributed by atoms with E-state index in [4.69, 9.17) is 0 Å². The quantitative estimate of drug-likeness (QED) is 0.196. The Bertz CT molecular complexity index is 1560. The molecular weight excluding hydrogens is 405 g/mol. The van der Waals surface area contributed by atoms with Crippen LogP contribution in [0.3, 0.4) is 0 Å². The Balaban J connectivity index is 1.68. The van der Waals surface area contributed by atoms with E-state index in [0.717, 1.165) is 22.1 Å². The molecule has 0 unspecified atom stereocenters. The van der Waals surface area contributed by atoms with Gasteiger partial charge in [0.1, 0.15) is 0 Å². The minimum Gasteiger partial charge on any atom is -0.171 e. The third-order valence-electron chi connectivity index (χ3n) is 6.51. The van der Waals surface area contributed by atoms with Crippen molar-refractivity contribution in [3.05, 3.63) is 96.6 Å². The van der Waals surface area contributed by atoms with Crippen molar-refractivity contribution in [3.8, 4) is 11.1 Å². The lowest BCUT2D eigenvalue weighted by Gasteiger charge is -2.18. The Hall–Kier alpha value is -3.59. The topological polar surface area (TPSA) is 0 Å². The normalized spacial score (nSPS) is 12.5. The number of benzene rings is 6. The lowest BCUT2D eigenvalue weighted by atomic mass is 9.86. The highest BCUT2D eigenvalue weighted by molar-refractivity contribution is 6.34. The van der Waals surface area contributed by atoms with Crippen LogP contribution < -0.4 is 0 Å². The fraction of sp³-hybridized carbons (Fsp3) is 0.103. The highest BCUT2D eigenvalue weighted by Crippen LogP contribution is 2.43. The van der Waals surface area contributed by atoms with Gasteiger partial charge in [0.05, 0.1) is 0 Å². The van der Waals surface area contributed by atoms with Gasteiger partial charge in [0.2, 0.25) is 0 Å². The molecule has 0 N–H and O–H groups in total. The molecule has 0 aliphatic rings. The fourth-order valence-corrected chi connectivity index (χ4v) is 5.16. The van der Waals surface area contributed by atoms with E-state index in [9.17, 15) is 13.2 Å². The van der Waals surface area contributed by atoms with Gasteiger partial charge in [-0.1, -0.05) is 91.0 Å². The van der Waals surface area contributed by atoms with Gasteiger partial charge in [-0.05, 0) is 66.2 Å². The van der Waals surface area contributed by atoms with Gasteiger partial charge in [-0.3, -0.25) is 0 Å². The second-order valence-electron chi connectivity index (χ2n) is 8.37. The van der Waals surface area contributed by atoms with Gasteiger partial charge >= 0.3 is 6.18 Å². The summed E-state index contributed by atoms with van der Waals surface area (Å²) in [7, 11) is 0. The zero-order chi connectivity index (χ0) is 21.9. The van der Waals surface area contributed by atoms with Gasteiger partial charge in [-0.25, -0.2) is 0 Å². The summed E-state index contributed by atoms with van der Waals surface area (Å²) in [5.74, 6) is 0. The standard InChI is InChI=1S/C29H19F3/c30-29(31,32)17-16-18-6-1-2-9-20(18)21-14-15-26-24-11-4-8-19-7-3-10-23(27(19)24)25-13-5-12-22(21)28(25)26/h1-15H,16-17H2. The molecule has 0 radical (unpaired) electrons. The Morgan fingerprint density at radius 3 is 1.81 bits per heavy atom. The molecule has 3 heteroatoms. The van der Waals surface area contributed by atoms with Crippen LogP contribution in [0.2, 0.25) is 0 Å². The molecule has 6 aromatic rings. The molecule has 0 saturated heterocycles. The zero-order valence-electron chi connectivity index (χ0n) is 17.2. The number of fused-ring (bicyclic) bond motifs is 2. The molecule has 0 aliphatic heterocycles. The molecule has 0 aromatic heterocycles. The van der Waals surface area contributed by atoms with E-state index in [1.165, 1.54) is 37.7 Å². The number of alkyl halides is 3. The molecular formula is C29H19F3. The van der Waals surface area contributed by atoms with E-state index in [-0.39, 0.29) is 6.42 Å². The van der Waals surface area contributed by atoms with E-state index in [2.05, 4.69) is 66.7 Å². The summed E-state index contributed by atoms with van der Waals surface area (Å²) in [6.45, 7) is 0. The number of aryl methyl sites for hydroxylation is 1. The van der Waals surface area contributed by atoms with Gasteiger partial charge in [0.15, 0.2) is 0 Å². The largest absolute Gasteiger partial charge is 0.389 e. The second-order valence-corrected chi connectivity index (χ2v) is 8.37. The van der Waals surface area contributed by atoms with Crippen LogP contribution in [0.25, 0.3) is 54.2 Å². The van der Waals surface area contributed by atoms with E-state index in [1.54, 1.807) is 0 Å². The van der Waals surface area contributed by atoms with Crippen molar-refractivity contribution in [2.75, 3.05) is 0 Å². The maximum absolute atomic E-state index is 12.9. The van der Waals surface area contributed by atoms with E-state index >= 15 is 0 Å². The van der Waals surface area contributed by atoms with Gasteiger partial charge in [-0.2, -0.15) is 13.2 Å². The van der Waals surface area contributed by atoms with Crippen molar-refractivity contribution in [3.63, 3.8) is 0 Å².